The molecule has 49 heavy (non-hydrogen) atoms. The van der Waals surface area contributed by atoms with Gasteiger partial charge in [0, 0.05) is 38.5 Å². The van der Waals surface area contributed by atoms with Crippen molar-refractivity contribution in [2.45, 2.75) is 161 Å². The van der Waals surface area contributed by atoms with Gasteiger partial charge in [0.1, 0.15) is 6.10 Å². The summed E-state index contributed by atoms with van der Waals surface area (Å²) >= 11 is 0. The van der Waals surface area contributed by atoms with Crippen LogP contribution >= 0.6 is 0 Å². The molecule has 2 fully saturated rings. The average Bonchev–Trinajstić information content (AvgIpc) is 3.02. The van der Waals surface area contributed by atoms with Crippen LogP contribution in [0.25, 0.3) is 0 Å². The second-order valence-corrected chi connectivity index (χ2v) is 12.2. The fourth-order valence-electron chi connectivity index (χ4n) is 5.50. The third-order valence-corrected chi connectivity index (χ3v) is 7.78. The molecule has 8 atom stereocenters. The Labute approximate surface area is 287 Å². The number of carbonyl (C=O) groups is 6. The van der Waals surface area contributed by atoms with Crippen LogP contribution in [0.3, 0.4) is 0 Å². The molecular weight excluding hydrogens is 648 g/mol. The first-order chi connectivity index (χ1) is 23.5. The molecule has 0 aromatic carbocycles. The van der Waals surface area contributed by atoms with E-state index in [0.717, 1.165) is 0 Å². The lowest BCUT2D eigenvalue weighted by atomic mass is 9.89. The van der Waals surface area contributed by atoms with Crippen LogP contribution in [0.15, 0.2) is 0 Å². The van der Waals surface area contributed by atoms with Gasteiger partial charge in [0.2, 0.25) is 6.29 Å². The molecule has 0 bridgehead atoms. The Morgan fingerprint density at radius 2 is 0.918 bits per heavy atom. The Bertz CT molecular complexity index is 1080. The predicted molar refractivity (Wildman–Crippen MR) is 169 cm³/mol. The van der Waals surface area contributed by atoms with E-state index in [1.807, 2.05) is 6.92 Å². The maximum absolute atomic E-state index is 12.9. The second kappa shape index (κ2) is 22.4. The van der Waals surface area contributed by atoms with Gasteiger partial charge in [0.05, 0.1) is 19.1 Å². The molecule has 2 rings (SSSR count). The summed E-state index contributed by atoms with van der Waals surface area (Å²) in [7, 11) is 0. The molecule has 0 aromatic heterocycles. The number of aliphatic carboxylic acids is 1. The zero-order valence-corrected chi connectivity index (χ0v) is 29.4. The minimum Gasteiger partial charge on any atom is -0.481 e. The summed E-state index contributed by atoms with van der Waals surface area (Å²) in [4.78, 5) is 74.9. The molecule has 15 nitrogen and oxygen atoms in total. The molecule has 0 aromatic rings. The SMILES string of the molecule is CCCC(=O)O[C@@H]1[C@@H](OC(=O)CCC)[C@@H](O[C@H]2OC[C@@H](OC(=O)CCC)[C@@H](OC(=O)CCC)[C@H]2CCCC(=O)O)OC[C@H]1OC(=O)CCC. The maximum Gasteiger partial charge on any atom is 0.306 e. The van der Waals surface area contributed by atoms with E-state index in [1.54, 1.807) is 27.7 Å². The highest BCUT2D eigenvalue weighted by molar-refractivity contribution is 5.72. The molecule has 2 aliphatic rings. The van der Waals surface area contributed by atoms with Gasteiger partial charge >= 0.3 is 35.8 Å². The Hall–Kier alpha value is -3.30. The Morgan fingerprint density at radius 1 is 0.531 bits per heavy atom. The van der Waals surface area contributed by atoms with Crippen molar-refractivity contribution in [1.29, 1.82) is 0 Å². The number of ether oxygens (including phenoxy) is 8. The van der Waals surface area contributed by atoms with E-state index in [9.17, 15) is 33.9 Å². The zero-order valence-electron chi connectivity index (χ0n) is 29.4. The lowest BCUT2D eigenvalue weighted by Crippen LogP contribution is -2.61. The van der Waals surface area contributed by atoms with Crippen LogP contribution in [0.5, 0.6) is 0 Å². The fraction of sp³-hybridized carbons (Fsp3) is 0.824. The first kappa shape index (κ1) is 41.9. The van der Waals surface area contributed by atoms with E-state index in [1.165, 1.54) is 0 Å². The van der Waals surface area contributed by atoms with Gasteiger partial charge in [0.25, 0.3) is 0 Å². The lowest BCUT2D eigenvalue weighted by Gasteiger charge is -2.45. The van der Waals surface area contributed by atoms with Gasteiger partial charge < -0.3 is 43.0 Å². The highest BCUT2D eigenvalue weighted by Crippen LogP contribution is 2.35. The fourth-order valence-corrected chi connectivity index (χ4v) is 5.50. The van der Waals surface area contributed by atoms with Crippen molar-refractivity contribution < 1.29 is 71.8 Å². The summed E-state index contributed by atoms with van der Waals surface area (Å²) < 4.78 is 46.9. The van der Waals surface area contributed by atoms with E-state index in [-0.39, 0.29) is 64.6 Å². The van der Waals surface area contributed by atoms with Crippen LogP contribution in [-0.2, 0) is 66.7 Å². The van der Waals surface area contributed by atoms with Crippen LogP contribution in [0, 0.1) is 5.92 Å². The summed E-state index contributed by atoms with van der Waals surface area (Å²) in [5.74, 6) is -4.77. The molecule has 2 aliphatic heterocycles. The summed E-state index contributed by atoms with van der Waals surface area (Å²) in [5, 5.41) is 9.34. The maximum atomic E-state index is 12.9. The van der Waals surface area contributed by atoms with Crippen LogP contribution < -0.4 is 0 Å². The quantitative estimate of drug-likeness (QED) is 0.132. The number of rotatable bonds is 21. The van der Waals surface area contributed by atoms with Crippen LogP contribution in [0.2, 0.25) is 0 Å². The number of hydrogen-bond acceptors (Lipinski definition) is 14. The second-order valence-electron chi connectivity index (χ2n) is 12.2. The number of carboxylic acid groups (broad SMARTS) is 1. The molecule has 2 heterocycles. The van der Waals surface area contributed by atoms with Crippen molar-refractivity contribution in [2.24, 2.45) is 5.92 Å². The van der Waals surface area contributed by atoms with Gasteiger partial charge in [-0.2, -0.15) is 0 Å². The smallest absolute Gasteiger partial charge is 0.306 e. The molecule has 0 radical (unpaired) electrons. The molecular formula is C34H54O15. The van der Waals surface area contributed by atoms with Crippen molar-refractivity contribution in [3.8, 4) is 0 Å². The molecule has 15 heteroatoms. The summed E-state index contributed by atoms with van der Waals surface area (Å²) in [6.07, 6.45) is -5.69. The normalized spacial score (nSPS) is 26.6. The molecule has 1 N–H and O–H groups in total. The minimum atomic E-state index is -1.42. The van der Waals surface area contributed by atoms with Gasteiger partial charge in [-0.25, -0.2) is 0 Å². The highest BCUT2D eigenvalue weighted by atomic mass is 16.8. The molecule has 0 spiro atoms. The van der Waals surface area contributed by atoms with Gasteiger partial charge in [0.15, 0.2) is 30.7 Å². The van der Waals surface area contributed by atoms with Crippen molar-refractivity contribution in [3.63, 3.8) is 0 Å². The largest absolute Gasteiger partial charge is 0.481 e. The molecule has 280 valence electrons. The predicted octanol–water partition coefficient (Wildman–Crippen LogP) is 4.15. The van der Waals surface area contributed by atoms with E-state index in [0.29, 0.717) is 32.1 Å². The van der Waals surface area contributed by atoms with Crippen molar-refractivity contribution >= 4 is 35.8 Å². The lowest BCUT2D eigenvalue weighted by molar-refractivity contribution is -0.347. The van der Waals surface area contributed by atoms with Crippen LogP contribution in [0.4, 0.5) is 0 Å². The Morgan fingerprint density at radius 3 is 1.37 bits per heavy atom. The standard InChI is InChI=1S/C34H54O15/c1-6-12-25(37)44-22-19-42-33(21(17-11-18-24(35)36)30(22)46-27(39)14-8-3)49-34-32(48-29(41)16-10-5)31(47-28(40)15-9-4)23(20-43-34)45-26(38)13-7-2/h21-23,30-34H,6-20H2,1-5H3,(H,35,36)/t21-,22-,23-,30+,31+,32-,33-,34-/m1/s1. The zero-order chi connectivity index (χ0) is 36.3. The monoisotopic (exact) mass is 702 g/mol. The van der Waals surface area contributed by atoms with Crippen LogP contribution in [-0.4, -0.2) is 97.2 Å². The third kappa shape index (κ3) is 14.2. The third-order valence-electron chi connectivity index (χ3n) is 7.78. The first-order valence-electron chi connectivity index (χ1n) is 17.5. The summed E-state index contributed by atoms with van der Waals surface area (Å²) in [6.45, 7) is 8.46. The van der Waals surface area contributed by atoms with Gasteiger partial charge in [-0.1, -0.05) is 34.6 Å². The van der Waals surface area contributed by atoms with E-state index < -0.39 is 84.8 Å². The van der Waals surface area contributed by atoms with Crippen molar-refractivity contribution in [2.75, 3.05) is 13.2 Å². The summed E-state index contributed by atoms with van der Waals surface area (Å²) in [6, 6.07) is 0. The Balaban J connectivity index is 2.51. The van der Waals surface area contributed by atoms with E-state index in [2.05, 4.69) is 0 Å². The van der Waals surface area contributed by atoms with Gasteiger partial charge in [-0.15, -0.1) is 0 Å². The van der Waals surface area contributed by atoms with Crippen LogP contribution in [0.1, 0.15) is 118 Å². The van der Waals surface area contributed by atoms with Gasteiger partial charge in [-0.05, 0) is 44.9 Å². The van der Waals surface area contributed by atoms with E-state index in [4.69, 9.17) is 37.9 Å². The minimum absolute atomic E-state index is 0.0249. The molecule has 0 unspecified atom stereocenters. The number of hydrogen-bond donors (Lipinski definition) is 1. The van der Waals surface area contributed by atoms with E-state index >= 15 is 0 Å². The molecule has 0 saturated carbocycles. The topological polar surface area (TPSA) is 196 Å². The number of carbonyl (C=O) groups excluding carboxylic acids is 5. The molecule has 2 saturated heterocycles. The van der Waals surface area contributed by atoms with Gasteiger partial charge in [-0.3, -0.25) is 28.8 Å². The average molecular weight is 703 g/mol. The first-order valence-corrected chi connectivity index (χ1v) is 17.5. The highest BCUT2D eigenvalue weighted by Gasteiger charge is 2.52. The van der Waals surface area contributed by atoms with Crippen molar-refractivity contribution in [1.82, 2.24) is 0 Å². The molecule has 0 amide bonds. The summed E-state index contributed by atoms with van der Waals surface area (Å²) in [5.41, 5.74) is 0. The Kier molecular flexibility index (Phi) is 19.2. The molecule has 0 aliphatic carbocycles. The number of carboxylic acids is 1. The van der Waals surface area contributed by atoms with Crippen molar-refractivity contribution in [3.05, 3.63) is 0 Å². The number of esters is 5.